The van der Waals surface area contributed by atoms with Crippen LogP contribution >= 0.6 is 0 Å². The number of nitrogens with zero attached hydrogens (tertiary/aromatic N) is 4. The van der Waals surface area contributed by atoms with Crippen LogP contribution in [-0.4, -0.2) is 51.2 Å². The minimum atomic E-state index is -0.385. The first-order chi connectivity index (χ1) is 12.7. The summed E-state index contributed by atoms with van der Waals surface area (Å²) in [6, 6.07) is -0.311. The molecule has 2 aliphatic rings. The number of amides is 1. The molecule has 9 nitrogen and oxygen atoms in total. The summed E-state index contributed by atoms with van der Waals surface area (Å²) in [6.45, 7) is 1.05. The number of nitrogens with one attached hydrogen (secondary N) is 1. The number of hydrogen-bond donors (Lipinski definition) is 1. The summed E-state index contributed by atoms with van der Waals surface area (Å²) >= 11 is 0. The van der Waals surface area contributed by atoms with E-state index in [1.165, 1.54) is 6.20 Å². The summed E-state index contributed by atoms with van der Waals surface area (Å²) in [4.78, 5) is 38.2. The molecular weight excluding hydrogens is 338 g/mol. The van der Waals surface area contributed by atoms with E-state index in [4.69, 9.17) is 9.26 Å². The SMILES string of the molecule is COCCc1noc(C2CCCN2C(=O)c2cnc(C3CC3)[nH]c2=O)n1. The lowest BCUT2D eigenvalue weighted by Gasteiger charge is -2.21. The summed E-state index contributed by atoms with van der Waals surface area (Å²) < 4.78 is 10.3. The number of aromatic nitrogens is 4. The first-order valence-corrected chi connectivity index (χ1v) is 8.89. The highest BCUT2D eigenvalue weighted by Gasteiger charge is 2.36. The van der Waals surface area contributed by atoms with Gasteiger partial charge in [0.15, 0.2) is 5.82 Å². The number of carbonyl (C=O) groups is 1. The van der Waals surface area contributed by atoms with E-state index in [1.54, 1.807) is 12.0 Å². The van der Waals surface area contributed by atoms with Crippen molar-refractivity contribution in [2.75, 3.05) is 20.3 Å². The Morgan fingerprint density at radius 2 is 2.27 bits per heavy atom. The molecule has 138 valence electrons. The fourth-order valence-electron chi connectivity index (χ4n) is 3.24. The molecule has 1 aliphatic heterocycles. The summed E-state index contributed by atoms with van der Waals surface area (Å²) in [6.07, 6.45) is 5.55. The summed E-state index contributed by atoms with van der Waals surface area (Å²) in [7, 11) is 1.61. The molecule has 1 N–H and O–H groups in total. The van der Waals surface area contributed by atoms with Gasteiger partial charge in [-0.25, -0.2) is 4.98 Å². The molecule has 2 aromatic rings. The molecule has 1 unspecified atom stereocenters. The normalized spacial score (nSPS) is 19.9. The monoisotopic (exact) mass is 359 g/mol. The maximum absolute atomic E-state index is 12.9. The van der Waals surface area contributed by atoms with E-state index in [0.29, 0.717) is 43.0 Å². The number of hydrogen-bond acceptors (Lipinski definition) is 7. The molecule has 0 radical (unpaired) electrons. The Morgan fingerprint density at radius 3 is 3.00 bits per heavy atom. The number of ether oxygens (including phenoxy) is 1. The number of rotatable bonds is 6. The van der Waals surface area contributed by atoms with Gasteiger partial charge in [-0.3, -0.25) is 9.59 Å². The van der Waals surface area contributed by atoms with Crippen LogP contribution in [0.5, 0.6) is 0 Å². The third kappa shape index (κ3) is 3.26. The standard InChI is InChI=1S/C17H21N5O4/c1-25-8-6-13-19-16(26-21-13)12-3-2-7-22(12)17(24)11-9-18-14(10-4-5-10)20-15(11)23/h9-10,12H,2-8H2,1H3,(H,18,20,23). The van der Waals surface area contributed by atoms with Gasteiger partial charge < -0.3 is 19.1 Å². The van der Waals surface area contributed by atoms with E-state index in [0.717, 1.165) is 25.7 Å². The van der Waals surface area contributed by atoms with E-state index in [1.807, 2.05) is 0 Å². The van der Waals surface area contributed by atoms with Crippen LogP contribution in [0.25, 0.3) is 0 Å². The Bertz CT molecular complexity index is 857. The predicted molar refractivity (Wildman–Crippen MR) is 89.7 cm³/mol. The smallest absolute Gasteiger partial charge is 0.263 e. The lowest BCUT2D eigenvalue weighted by atomic mass is 10.2. The molecule has 1 saturated heterocycles. The largest absolute Gasteiger partial charge is 0.384 e. The van der Waals surface area contributed by atoms with Gasteiger partial charge in [-0.05, 0) is 25.7 Å². The second-order valence-corrected chi connectivity index (χ2v) is 6.73. The second kappa shape index (κ2) is 6.99. The van der Waals surface area contributed by atoms with Crippen molar-refractivity contribution in [3.05, 3.63) is 39.7 Å². The molecule has 9 heteroatoms. The van der Waals surface area contributed by atoms with Crippen LogP contribution in [0.2, 0.25) is 0 Å². The number of H-pyrrole nitrogens is 1. The Hall–Kier alpha value is -2.55. The molecule has 1 atom stereocenters. The highest BCUT2D eigenvalue weighted by Crippen LogP contribution is 2.37. The highest BCUT2D eigenvalue weighted by atomic mass is 16.5. The second-order valence-electron chi connectivity index (χ2n) is 6.73. The van der Waals surface area contributed by atoms with Gasteiger partial charge in [0.1, 0.15) is 17.4 Å². The molecule has 1 amide bonds. The van der Waals surface area contributed by atoms with Crippen LogP contribution in [0.1, 0.15) is 65.5 Å². The molecule has 0 spiro atoms. The molecule has 3 heterocycles. The Balaban J connectivity index is 1.53. The zero-order valence-electron chi connectivity index (χ0n) is 14.6. The summed E-state index contributed by atoms with van der Waals surface area (Å²) in [5.41, 5.74) is -0.329. The van der Waals surface area contributed by atoms with Crippen LogP contribution in [0.15, 0.2) is 15.5 Å². The molecule has 2 fully saturated rings. The van der Waals surface area contributed by atoms with E-state index in [2.05, 4.69) is 20.1 Å². The number of aromatic amines is 1. The van der Waals surface area contributed by atoms with Crippen LogP contribution in [0.4, 0.5) is 0 Å². The van der Waals surface area contributed by atoms with Crippen molar-refractivity contribution in [2.45, 2.75) is 44.1 Å². The van der Waals surface area contributed by atoms with Gasteiger partial charge in [-0.15, -0.1) is 0 Å². The third-order valence-corrected chi connectivity index (χ3v) is 4.83. The number of carbonyl (C=O) groups excluding carboxylic acids is 1. The van der Waals surface area contributed by atoms with Gasteiger partial charge in [0.2, 0.25) is 5.89 Å². The van der Waals surface area contributed by atoms with Crippen molar-refractivity contribution in [1.29, 1.82) is 0 Å². The van der Waals surface area contributed by atoms with Crippen molar-refractivity contribution in [1.82, 2.24) is 25.0 Å². The zero-order chi connectivity index (χ0) is 18.1. The molecular formula is C17H21N5O4. The minimum Gasteiger partial charge on any atom is -0.384 e. The highest BCUT2D eigenvalue weighted by molar-refractivity contribution is 5.94. The molecule has 2 aromatic heterocycles. The molecule has 1 saturated carbocycles. The van der Waals surface area contributed by atoms with E-state index in [-0.39, 0.29) is 23.1 Å². The maximum Gasteiger partial charge on any atom is 0.263 e. The van der Waals surface area contributed by atoms with Gasteiger partial charge >= 0.3 is 0 Å². The van der Waals surface area contributed by atoms with Crippen molar-refractivity contribution < 1.29 is 14.1 Å². The number of likely N-dealkylation sites (tertiary alicyclic amines) is 1. The average molecular weight is 359 g/mol. The Morgan fingerprint density at radius 1 is 1.42 bits per heavy atom. The van der Waals surface area contributed by atoms with Crippen LogP contribution in [-0.2, 0) is 11.2 Å². The quantitative estimate of drug-likeness (QED) is 0.824. The molecule has 0 aromatic carbocycles. The Kier molecular flexibility index (Phi) is 4.54. The molecule has 0 bridgehead atoms. The van der Waals surface area contributed by atoms with Crippen LogP contribution in [0, 0.1) is 0 Å². The van der Waals surface area contributed by atoms with E-state index < -0.39 is 0 Å². The van der Waals surface area contributed by atoms with Crippen molar-refractivity contribution >= 4 is 5.91 Å². The fraction of sp³-hybridized carbons (Fsp3) is 0.588. The van der Waals surface area contributed by atoms with Crippen LogP contribution < -0.4 is 5.56 Å². The molecule has 26 heavy (non-hydrogen) atoms. The van der Waals surface area contributed by atoms with Gasteiger partial charge in [-0.1, -0.05) is 5.16 Å². The first kappa shape index (κ1) is 16.9. The van der Waals surface area contributed by atoms with Gasteiger partial charge in [0, 0.05) is 32.2 Å². The number of methoxy groups -OCH3 is 1. The van der Waals surface area contributed by atoms with E-state index in [9.17, 15) is 9.59 Å². The third-order valence-electron chi connectivity index (χ3n) is 4.83. The minimum absolute atomic E-state index is 0.0559. The molecule has 4 rings (SSSR count). The predicted octanol–water partition coefficient (Wildman–Crippen LogP) is 1.20. The van der Waals surface area contributed by atoms with Gasteiger partial charge in [0.05, 0.1) is 6.61 Å². The van der Waals surface area contributed by atoms with Gasteiger partial charge in [0.25, 0.3) is 11.5 Å². The topological polar surface area (TPSA) is 114 Å². The Labute approximate surface area is 149 Å². The lowest BCUT2D eigenvalue weighted by molar-refractivity contribution is 0.0707. The first-order valence-electron chi connectivity index (χ1n) is 8.89. The summed E-state index contributed by atoms with van der Waals surface area (Å²) in [5, 5.41) is 3.94. The van der Waals surface area contributed by atoms with Crippen LogP contribution in [0.3, 0.4) is 0 Å². The lowest BCUT2D eigenvalue weighted by Crippen LogP contribution is -2.35. The fourth-order valence-corrected chi connectivity index (χ4v) is 3.24. The molecule has 1 aliphatic carbocycles. The zero-order valence-corrected chi connectivity index (χ0v) is 14.6. The maximum atomic E-state index is 12.9. The average Bonchev–Trinajstić information content (AvgIpc) is 3.19. The van der Waals surface area contributed by atoms with Crippen molar-refractivity contribution in [3.8, 4) is 0 Å². The van der Waals surface area contributed by atoms with Crippen molar-refractivity contribution in [2.24, 2.45) is 0 Å². The van der Waals surface area contributed by atoms with Gasteiger partial charge in [-0.2, -0.15) is 4.98 Å². The van der Waals surface area contributed by atoms with E-state index >= 15 is 0 Å². The summed E-state index contributed by atoms with van der Waals surface area (Å²) in [5.74, 6) is 1.61. The van der Waals surface area contributed by atoms with Crippen molar-refractivity contribution in [3.63, 3.8) is 0 Å².